The molecule has 0 fully saturated rings. The van der Waals surface area contributed by atoms with Crippen molar-refractivity contribution in [2.75, 3.05) is 6.61 Å². The fraction of sp³-hybridized carbons (Fsp3) is 0.250. The molecular formula is C20H17NO3. The summed E-state index contributed by atoms with van der Waals surface area (Å²) in [5.74, 6) is -0.383. The molecule has 0 radical (unpaired) electrons. The summed E-state index contributed by atoms with van der Waals surface area (Å²) < 4.78 is 5.18. The number of fused-ring (bicyclic) bond motifs is 4. The van der Waals surface area contributed by atoms with Gasteiger partial charge in [-0.1, -0.05) is 42.5 Å². The van der Waals surface area contributed by atoms with Gasteiger partial charge in [-0.3, -0.25) is 9.59 Å². The van der Waals surface area contributed by atoms with Gasteiger partial charge >= 0.3 is 5.97 Å². The molecule has 4 rings (SSSR count). The Hall–Kier alpha value is -2.75. The van der Waals surface area contributed by atoms with Crippen molar-refractivity contribution in [2.45, 2.75) is 25.2 Å². The summed E-state index contributed by atoms with van der Waals surface area (Å²) in [6.45, 7) is 2.11. The number of esters is 1. The molecule has 0 N–H and O–H groups in total. The van der Waals surface area contributed by atoms with Crippen LogP contribution < -0.4 is 0 Å². The number of para-hydroxylation sites is 1. The second-order valence-electron chi connectivity index (χ2n) is 6.20. The third-order valence-corrected chi connectivity index (χ3v) is 4.83. The number of carbonyl (C=O) groups excluding carboxylic acids is 2. The van der Waals surface area contributed by atoms with Crippen LogP contribution in [0.1, 0.15) is 34.8 Å². The predicted molar refractivity (Wildman–Crippen MR) is 90.9 cm³/mol. The van der Waals surface area contributed by atoms with Crippen LogP contribution in [0, 0.1) is 0 Å². The Balaban J connectivity index is 1.90. The second-order valence-corrected chi connectivity index (χ2v) is 6.20. The van der Waals surface area contributed by atoms with Crippen LogP contribution >= 0.6 is 0 Å². The van der Waals surface area contributed by atoms with E-state index in [-0.39, 0.29) is 18.2 Å². The van der Waals surface area contributed by atoms with Crippen molar-refractivity contribution in [1.29, 1.82) is 0 Å². The molecule has 24 heavy (non-hydrogen) atoms. The lowest BCUT2D eigenvalue weighted by Crippen LogP contribution is -2.46. The average Bonchev–Trinajstić information content (AvgIpc) is 2.90. The maximum Gasteiger partial charge on any atom is 0.307 e. The van der Waals surface area contributed by atoms with Crippen molar-refractivity contribution >= 4 is 23.2 Å². The molecular weight excluding hydrogens is 302 g/mol. The summed E-state index contributed by atoms with van der Waals surface area (Å²) in [4.78, 5) is 29.9. The van der Waals surface area contributed by atoms with Crippen LogP contribution in [0.25, 0.3) is 0 Å². The molecule has 120 valence electrons. The molecule has 2 aromatic carbocycles. The van der Waals surface area contributed by atoms with Gasteiger partial charge in [-0.15, -0.1) is 0 Å². The lowest BCUT2D eigenvalue weighted by Gasteiger charge is -2.35. The smallest absolute Gasteiger partial charge is 0.307 e. The molecule has 0 saturated carbocycles. The van der Waals surface area contributed by atoms with Gasteiger partial charge in [0.1, 0.15) is 5.71 Å². The van der Waals surface area contributed by atoms with Crippen molar-refractivity contribution in [3.05, 3.63) is 65.2 Å². The van der Waals surface area contributed by atoms with Gasteiger partial charge in [-0.05, 0) is 30.5 Å². The number of nitrogens with zero attached hydrogens (tertiary/aromatic N) is 1. The number of hydrogen-bond donors (Lipinski definition) is 0. The fourth-order valence-corrected chi connectivity index (χ4v) is 3.83. The Labute approximate surface area is 140 Å². The first-order valence-electron chi connectivity index (χ1n) is 8.12. The lowest BCUT2D eigenvalue weighted by atomic mass is 9.65. The highest BCUT2D eigenvalue weighted by molar-refractivity contribution is 6.51. The number of aliphatic imine (C=N–C) groups is 1. The maximum atomic E-state index is 13.0. The largest absolute Gasteiger partial charge is 0.466 e. The number of hydrogen-bond acceptors (Lipinski definition) is 4. The van der Waals surface area contributed by atoms with Gasteiger partial charge in [0.2, 0.25) is 5.78 Å². The molecule has 1 heterocycles. The van der Waals surface area contributed by atoms with Crippen molar-refractivity contribution in [1.82, 2.24) is 0 Å². The molecule has 1 unspecified atom stereocenters. The normalized spacial score (nSPS) is 20.7. The number of ketones is 1. The summed E-state index contributed by atoms with van der Waals surface area (Å²) in [7, 11) is 0. The van der Waals surface area contributed by atoms with E-state index in [2.05, 4.69) is 4.99 Å². The molecule has 0 spiro atoms. The van der Waals surface area contributed by atoms with Gasteiger partial charge in [0, 0.05) is 5.56 Å². The van der Waals surface area contributed by atoms with Crippen LogP contribution in [0.4, 0.5) is 5.69 Å². The van der Waals surface area contributed by atoms with Gasteiger partial charge < -0.3 is 4.74 Å². The highest BCUT2D eigenvalue weighted by Crippen LogP contribution is 2.48. The minimum atomic E-state index is -0.714. The Bertz CT molecular complexity index is 884. The molecule has 1 atom stereocenters. The van der Waals surface area contributed by atoms with E-state index in [0.29, 0.717) is 24.3 Å². The maximum absolute atomic E-state index is 13.0. The monoisotopic (exact) mass is 319 g/mol. The molecule has 2 aromatic rings. The summed E-state index contributed by atoms with van der Waals surface area (Å²) in [5, 5.41) is 0. The van der Waals surface area contributed by atoms with Gasteiger partial charge in [0.25, 0.3) is 0 Å². The first kappa shape index (κ1) is 14.8. The first-order valence-corrected chi connectivity index (χ1v) is 8.12. The van der Waals surface area contributed by atoms with E-state index in [1.54, 1.807) is 6.92 Å². The molecule has 4 nitrogen and oxygen atoms in total. The third kappa shape index (κ3) is 2.03. The number of rotatable bonds is 3. The highest BCUT2D eigenvalue weighted by Gasteiger charge is 2.51. The molecule has 4 heteroatoms. The summed E-state index contributed by atoms with van der Waals surface area (Å²) in [5.41, 5.74) is 3.11. The topological polar surface area (TPSA) is 55.7 Å². The Morgan fingerprint density at radius 3 is 2.75 bits per heavy atom. The zero-order valence-corrected chi connectivity index (χ0v) is 13.4. The van der Waals surface area contributed by atoms with Crippen LogP contribution in [-0.2, 0) is 21.4 Å². The van der Waals surface area contributed by atoms with Crippen LogP contribution in [-0.4, -0.2) is 24.1 Å². The van der Waals surface area contributed by atoms with E-state index in [1.165, 1.54) is 0 Å². The second kappa shape index (κ2) is 5.41. The number of carbonyl (C=O) groups is 2. The first-order chi connectivity index (χ1) is 11.7. The Morgan fingerprint density at radius 2 is 1.92 bits per heavy atom. The lowest BCUT2D eigenvalue weighted by molar-refractivity contribution is -0.144. The Morgan fingerprint density at radius 1 is 1.17 bits per heavy atom. The molecule has 1 aliphatic carbocycles. The SMILES string of the molecule is CCOC(=O)CC12Cc3ccccc3C(=O)C1=Nc1ccccc12. The third-order valence-electron chi connectivity index (χ3n) is 4.83. The summed E-state index contributed by atoms with van der Waals surface area (Å²) >= 11 is 0. The number of benzene rings is 2. The van der Waals surface area contributed by atoms with E-state index < -0.39 is 5.41 Å². The molecule has 1 aliphatic heterocycles. The standard InChI is InChI=1S/C20H17NO3/c1-2-24-17(22)12-20-11-13-7-3-4-8-14(13)18(23)19(20)21-16-10-6-5-9-15(16)20/h3-10H,2,11-12H2,1H3. The van der Waals surface area contributed by atoms with Crippen LogP contribution in [0.2, 0.25) is 0 Å². The molecule has 0 amide bonds. The summed E-state index contributed by atoms with van der Waals surface area (Å²) in [6.07, 6.45) is 0.723. The van der Waals surface area contributed by atoms with E-state index in [4.69, 9.17) is 4.74 Å². The fourth-order valence-electron chi connectivity index (χ4n) is 3.83. The van der Waals surface area contributed by atoms with Crippen molar-refractivity contribution in [2.24, 2.45) is 4.99 Å². The predicted octanol–water partition coefficient (Wildman–Crippen LogP) is 3.40. The quantitative estimate of drug-likeness (QED) is 0.815. The molecule has 0 bridgehead atoms. The number of Topliss-reactive ketones (excluding diaryl/α,β-unsaturated/α-hetero) is 1. The van der Waals surface area contributed by atoms with Gasteiger partial charge in [0.15, 0.2) is 0 Å². The zero-order valence-electron chi connectivity index (χ0n) is 13.4. The Kier molecular flexibility index (Phi) is 3.34. The van der Waals surface area contributed by atoms with Crippen molar-refractivity contribution < 1.29 is 14.3 Å². The van der Waals surface area contributed by atoms with E-state index in [1.807, 2.05) is 48.5 Å². The van der Waals surface area contributed by atoms with E-state index in [9.17, 15) is 9.59 Å². The van der Waals surface area contributed by atoms with Crippen molar-refractivity contribution in [3.8, 4) is 0 Å². The van der Waals surface area contributed by atoms with Crippen LogP contribution in [0.5, 0.6) is 0 Å². The van der Waals surface area contributed by atoms with Gasteiger partial charge in [-0.25, -0.2) is 4.99 Å². The summed E-state index contributed by atoms with van der Waals surface area (Å²) in [6, 6.07) is 15.3. The zero-order chi connectivity index (χ0) is 16.7. The minimum absolute atomic E-state index is 0.0858. The van der Waals surface area contributed by atoms with Crippen LogP contribution in [0.15, 0.2) is 53.5 Å². The molecule has 0 saturated heterocycles. The van der Waals surface area contributed by atoms with E-state index in [0.717, 1.165) is 16.8 Å². The molecule has 2 aliphatic rings. The van der Waals surface area contributed by atoms with Gasteiger partial charge in [-0.2, -0.15) is 0 Å². The minimum Gasteiger partial charge on any atom is -0.466 e. The molecule has 0 aromatic heterocycles. The van der Waals surface area contributed by atoms with Crippen LogP contribution in [0.3, 0.4) is 0 Å². The van der Waals surface area contributed by atoms with Crippen molar-refractivity contribution in [3.63, 3.8) is 0 Å². The van der Waals surface area contributed by atoms with Gasteiger partial charge in [0.05, 0.1) is 24.1 Å². The highest BCUT2D eigenvalue weighted by atomic mass is 16.5. The number of ether oxygens (including phenoxy) is 1. The van der Waals surface area contributed by atoms with E-state index >= 15 is 0 Å². The average molecular weight is 319 g/mol.